The van der Waals surface area contributed by atoms with Crippen LogP contribution >= 0.6 is 0 Å². The van der Waals surface area contributed by atoms with Gasteiger partial charge in [0.15, 0.2) is 0 Å². The van der Waals surface area contributed by atoms with Crippen molar-refractivity contribution >= 4 is 5.91 Å². The lowest BCUT2D eigenvalue weighted by molar-refractivity contribution is -0.145. The van der Waals surface area contributed by atoms with Gasteiger partial charge in [0.1, 0.15) is 6.10 Å². The van der Waals surface area contributed by atoms with Gasteiger partial charge in [-0.3, -0.25) is 4.79 Å². The molecule has 0 radical (unpaired) electrons. The van der Waals surface area contributed by atoms with E-state index in [0.717, 1.165) is 12.8 Å². The zero-order valence-corrected chi connectivity index (χ0v) is 9.03. The normalized spacial score (nSPS) is 18.8. The summed E-state index contributed by atoms with van der Waals surface area (Å²) in [5.41, 5.74) is 5.49. The van der Waals surface area contributed by atoms with Crippen molar-refractivity contribution < 1.29 is 9.53 Å². The van der Waals surface area contributed by atoms with Crippen molar-refractivity contribution in [3.05, 3.63) is 0 Å². The summed E-state index contributed by atoms with van der Waals surface area (Å²) in [4.78, 5) is 13.7. The number of methoxy groups -OCH3 is 1. The first-order valence-corrected chi connectivity index (χ1v) is 5.24. The molecule has 4 heteroatoms. The number of nitrogens with zero attached hydrogens (tertiary/aromatic N) is 1. The van der Waals surface area contributed by atoms with E-state index in [9.17, 15) is 4.79 Å². The predicted octanol–water partition coefficient (Wildman–Crippen LogP) is 0.361. The first-order chi connectivity index (χ1) is 6.70. The lowest BCUT2D eigenvalue weighted by Crippen LogP contribution is -2.50. The van der Waals surface area contributed by atoms with E-state index in [2.05, 4.69) is 0 Å². The molecule has 14 heavy (non-hydrogen) atoms. The maximum absolute atomic E-state index is 11.8. The van der Waals surface area contributed by atoms with Gasteiger partial charge >= 0.3 is 0 Å². The molecular weight excluding hydrogens is 180 g/mol. The van der Waals surface area contributed by atoms with Crippen molar-refractivity contribution in [1.29, 1.82) is 0 Å². The monoisotopic (exact) mass is 200 g/mol. The Bertz CT molecular complexity index is 193. The largest absolute Gasteiger partial charge is 0.372 e. The molecule has 1 atom stereocenters. The van der Waals surface area contributed by atoms with Crippen LogP contribution in [0.3, 0.4) is 0 Å². The summed E-state index contributed by atoms with van der Waals surface area (Å²) >= 11 is 0. The van der Waals surface area contributed by atoms with Crippen LogP contribution in [0.5, 0.6) is 0 Å². The van der Waals surface area contributed by atoms with Crippen LogP contribution in [0.1, 0.15) is 26.2 Å². The smallest absolute Gasteiger partial charge is 0.251 e. The minimum atomic E-state index is -0.345. The molecule has 2 N–H and O–H groups in total. The summed E-state index contributed by atoms with van der Waals surface area (Å²) in [5.74, 6) is 0.0719. The number of hydrogen-bond acceptors (Lipinski definition) is 3. The Balaban J connectivity index is 2.51. The molecule has 0 aromatic carbocycles. The molecule has 0 aromatic heterocycles. The van der Waals surface area contributed by atoms with E-state index in [1.807, 2.05) is 4.90 Å². The molecule has 1 amide bonds. The molecular formula is C10H20N2O2. The van der Waals surface area contributed by atoms with E-state index in [1.165, 1.54) is 6.42 Å². The number of nitrogens with two attached hydrogens (primary N) is 1. The second-order valence-corrected chi connectivity index (χ2v) is 3.78. The van der Waals surface area contributed by atoms with Crippen LogP contribution in [-0.2, 0) is 9.53 Å². The van der Waals surface area contributed by atoms with Gasteiger partial charge in [-0.25, -0.2) is 0 Å². The van der Waals surface area contributed by atoms with Gasteiger partial charge in [-0.2, -0.15) is 0 Å². The molecule has 1 fully saturated rings. The Morgan fingerprint density at radius 2 is 2.29 bits per heavy atom. The van der Waals surface area contributed by atoms with Gasteiger partial charge in [0.05, 0.1) is 0 Å². The van der Waals surface area contributed by atoms with E-state index < -0.39 is 0 Å². The summed E-state index contributed by atoms with van der Waals surface area (Å²) in [6.07, 6.45) is 3.10. The zero-order valence-electron chi connectivity index (χ0n) is 9.03. The van der Waals surface area contributed by atoms with Crippen LogP contribution in [-0.4, -0.2) is 43.2 Å². The topological polar surface area (TPSA) is 55.6 Å². The van der Waals surface area contributed by atoms with Crippen molar-refractivity contribution in [2.45, 2.75) is 38.3 Å². The summed E-state index contributed by atoms with van der Waals surface area (Å²) < 4.78 is 5.03. The van der Waals surface area contributed by atoms with Crippen molar-refractivity contribution in [1.82, 2.24) is 4.90 Å². The molecule has 1 aliphatic rings. The van der Waals surface area contributed by atoms with E-state index in [1.54, 1.807) is 14.0 Å². The van der Waals surface area contributed by atoms with Crippen LogP contribution in [0.25, 0.3) is 0 Å². The Morgan fingerprint density at radius 3 is 2.64 bits per heavy atom. The fraction of sp³-hybridized carbons (Fsp3) is 0.900. The molecule has 1 rings (SSSR count). The van der Waals surface area contributed by atoms with Gasteiger partial charge in [0.2, 0.25) is 0 Å². The molecule has 1 aliphatic carbocycles. The van der Waals surface area contributed by atoms with Crippen molar-refractivity contribution in [2.75, 3.05) is 20.2 Å². The van der Waals surface area contributed by atoms with Crippen LogP contribution in [0.4, 0.5) is 0 Å². The highest BCUT2D eigenvalue weighted by atomic mass is 16.5. The third kappa shape index (κ3) is 2.45. The van der Waals surface area contributed by atoms with Crippen LogP contribution in [0.2, 0.25) is 0 Å². The fourth-order valence-electron chi connectivity index (χ4n) is 1.64. The molecule has 0 heterocycles. The van der Waals surface area contributed by atoms with Gasteiger partial charge < -0.3 is 15.4 Å². The van der Waals surface area contributed by atoms with Crippen molar-refractivity contribution in [3.63, 3.8) is 0 Å². The van der Waals surface area contributed by atoms with Crippen molar-refractivity contribution in [2.24, 2.45) is 5.73 Å². The molecule has 0 aliphatic heterocycles. The standard InChI is InChI=1S/C10H20N2O2/c1-8(14-2)10(13)12(7-6-11)9-4-3-5-9/h8-9H,3-7,11H2,1-2H3. The Hall–Kier alpha value is -0.610. The number of ether oxygens (including phenoxy) is 1. The highest BCUT2D eigenvalue weighted by Crippen LogP contribution is 2.25. The average molecular weight is 200 g/mol. The maximum atomic E-state index is 11.8. The summed E-state index contributed by atoms with van der Waals surface area (Å²) in [6.45, 7) is 2.96. The number of carbonyl (C=O) groups is 1. The predicted molar refractivity (Wildman–Crippen MR) is 54.9 cm³/mol. The summed E-state index contributed by atoms with van der Waals surface area (Å²) in [7, 11) is 1.56. The van der Waals surface area contributed by atoms with E-state index in [4.69, 9.17) is 10.5 Å². The average Bonchev–Trinajstić information content (AvgIpc) is 2.12. The highest BCUT2D eigenvalue weighted by molar-refractivity contribution is 5.81. The molecule has 4 nitrogen and oxygen atoms in total. The highest BCUT2D eigenvalue weighted by Gasteiger charge is 2.30. The Kier molecular flexibility index (Phi) is 4.35. The molecule has 0 saturated heterocycles. The molecule has 0 aromatic rings. The zero-order chi connectivity index (χ0) is 10.6. The quantitative estimate of drug-likeness (QED) is 0.697. The summed E-state index contributed by atoms with van der Waals surface area (Å²) in [5, 5.41) is 0. The SMILES string of the molecule is COC(C)C(=O)N(CCN)C1CCC1. The lowest BCUT2D eigenvalue weighted by atomic mass is 9.91. The first kappa shape index (κ1) is 11.5. The van der Waals surface area contributed by atoms with Crippen LogP contribution in [0, 0.1) is 0 Å². The molecule has 1 unspecified atom stereocenters. The van der Waals surface area contributed by atoms with Gasteiger partial charge in [-0.15, -0.1) is 0 Å². The number of amides is 1. The minimum absolute atomic E-state index is 0.0719. The minimum Gasteiger partial charge on any atom is -0.372 e. The van der Waals surface area contributed by atoms with Crippen LogP contribution in [0.15, 0.2) is 0 Å². The fourth-order valence-corrected chi connectivity index (χ4v) is 1.64. The van der Waals surface area contributed by atoms with Gasteiger partial charge in [0, 0.05) is 26.2 Å². The molecule has 0 bridgehead atoms. The molecule has 82 valence electrons. The summed E-state index contributed by atoms with van der Waals surface area (Å²) in [6, 6.07) is 0.406. The lowest BCUT2D eigenvalue weighted by Gasteiger charge is -2.38. The number of hydrogen-bond donors (Lipinski definition) is 1. The number of carbonyl (C=O) groups excluding carboxylic acids is 1. The van der Waals surface area contributed by atoms with Gasteiger partial charge in [-0.05, 0) is 26.2 Å². The number of rotatable bonds is 5. The van der Waals surface area contributed by atoms with E-state index >= 15 is 0 Å². The third-order valence-corrected chi connectivity index (χ3v) is 2.87. The maximum Gasteiger partial charge on any atom is 0.251 e. The second kappa shape index (κ2) is 5.32. The second-order valence-electron chi connectivity index (χ2n) is 3.78. The van der Waals surface area contributed by atoms with Gasteiger partial charge in [0.25, 0.3) is 5.91 Å². The Morgan fingerprint density at radius 1 is 1.64 bits per heavy atom. The van der Waals surface area contributed by atoms with E-state index in [0.29, 0.717) is 19.1 Å². The third-order valence-electron chi connectivity index (χ3n) is 2.87. The first-order valence-electron chi connectivity index (χ1n) is 5.24. The van der Waals surface area contributed by atoms with Crippen LogP contribution < -0.4 is 5.73 Å². The molecule has 0 spiro atoms. The Labute approximate surface area is 85.4 Å². The van der Waals surface area contributed by atoms with E-state index in [-0.39, 0.29) is 12.0 Å². The van der Waals surface area contributed by atoms with Crippen molar-refractivity contribution in [3.8, 4) is 0 Å². The molecule has 1 saturated carbocycles. The van der Waals surface area contributed by atoms with Gasteiger partial charge in [-0.1, -0.05) is 0 Å².